The Hall–Kier alpha value is -4.58. The van der Waals surface area contributed by atoms with Crippen molar-refractivity contribution in [3.63, 3.8) is 0 Å². The summed E-state index contributed by atoms with van der Waals surface area (Å²) in [6, 6.07) is 16.5. The number of hydrogen-bond donors (Lipinski definition) is 3. The average molecular weight is 527 g/mol. The van der Waals surface area contributed by atoms with E-state index in [0.29, 0.717) is 17.0 Å². The van der Waals surface area contributed by atoms with Crippen molar-refractivity contribution in [1.29, 1.82) is 0 Å². The molecule has 0 unspecified atom stereocenters. The standard InChI is InChI=1S/C25H26N4O7S/c1-17(30)27-19-7-13-22(14-8-19)37(33,34)29(20-9-11-21(35-2)12-10-20)16-24(31)28-26-15-18-5-4-6-23(36-3)25(18)32/h4-15,32H,16H2,1-3H3,(H,27,30)(H,28,31)/b26-15-. The zero-order chi connectivity index (χ0) is 27.0. The van der Waals surface area contributed by atoms with E-state index >= 15 is 0 Å². The molecule has 37 heavy (non-hydrogen) atoms. The first kappa shape index (κ1) is 27.0. The van der Waals surface area contributed by atoms with Crippen LogP contribution in [0.15, 0.2) is 76.7 Å². The molecule has 3 N–H and O–H groups in total. The highest BCUT2D eigenvalue weighted by Gasteiger charge is 2.27. The molecule has 11 nitrogen and oxygen atoms in total. The van der Waals surface area contributed by atoms with Crippen molar-refractivity contribution in [2.45, 2.75) is 11.8 Å². The fourth-order valence-corrected chi connectivity index (χ4v) is 4.67. The molecular weight excluding hydrogens is 500 g/mol. The molecule has 0 aromatic heterocycles. The Bertz CT molecular complexity index is 1390. The summed E-state index contributed by atoms with van der Waals surface area (Å²) in [5.74, 6) is -0.444. The molecule has 3 aromatic rings. The van der Waals surface area contributed by atoms with Gasteiger partial charge in [-0.15, -0.1) is 0 Å². The van der Waals surface area contributed by atoms with E-state index in [1.807, 2.05) is 0 Å². The summed E-state index contributed by atoms with van der Waals surface area (Å²) in [7, 11) is -1.32. The molecule has 0 bridgehead atoms. The molecule has 0 spiro atoms. The molecule has 2 amide bonds. The minimum absolute atomic E-state index is 0.0879. The Morgan fingerprint density at radius 2 is 1.68 bits per heavy atom. The van der Waals surface area contributed by atoms with Gasteiger partial charge in [-0.3, -0.25) is 13.9 Å². The number of hydrazone groups is 1. The largest absolute Gasteiger partial charge is 0.504 e. The number of aromatic hydroxyl groups is 1. The monoisotopic (exact) mass is 526 g/mol. The zero-order valence-corrected chi connectivity index (χ0v) is 21.2. The van der Waals surface area contributed by atoms with Crippen LogP contribution >= 0.6 is 0 Å². The highest BCUT2D eigenvalue weighted by molar-refractivity contribution is 7.92. The van der Waals surface area contributed by atoms with Crippen molar-refractivity contribution in [3.05, 3.63) is 72.3 Å². The lowest BCUT2D eigenvalue weighted by molar-refractivity contribution is -0.119. The third-order valence-electron chi connectivity index (χ3n) is 5.05. The summed E-state index contributed by atoms with van der Waals surface area (Å²) >= 11 is 0. The number of ether oxygens (including phenoxy) is 2. The van der Waals surface area contributed by atoms with Crippen LogP contribution in [0.2, 0.25) is 0 Å². The van der Waals surface area contributed by atoms with Gasteiger partial charge in [-0.05, 0) is 60.7 Å². The van der Waals surface area contributed by atoms with Gasteiger partial charge in [0.15, 0.2) is 11.5 Å². The third kappa shape index (κ3) is 6.76. The lowest BCUT2D eigenvalue weighted by Gasteiger charge is -2.24. The number of anilines is 2. The van der Waals surface area contributed by atoms with Gasteiger partial charge < -0.3 is 19.9 Å². The fraction of sp³-hybridized carbons (Fsp3) is 0.160. The average Bonchev–Trinajstić information content (AvgIpc) is 2.88. The van der Waals surface area contributed by atoms with Crippen LogP contribution in [0.4, 0.5) is 11.4 Å². The normalized spacial score (nSPS) is 11.1. The summed E-state index contributed by atoms with van der Waals surface area (Å²) in [6.07, 6.45) is 1.21. The Balaban J connectivity index is 1.86. The molecule has 0 atom stereocenters. The maximum atomic E-state index is 13.5. The summed E-state index contributed by atoms with van der Waals surface area (Å²) in [5, 5.41) is 16.5. The molecule has 0 radical (unpaired) electrons. The summed E-state index contributed by atoms with van der Waals surface area (Å²) < 4.78 is 38.1. The number of para-hydroxylation sites is 1. The van der Waals surface area contributed by atoms with Crippen molar-refractivity contribution < 1.29 is 32.6 Å². The van der Waals surface area contributed by atoms with Crippen LogP contribution in [-0.2, 0) is 19.6 Å². The van der Waals surface area contributed by atoms with E-state index in [-0.39, 0.29) is 28.0 Å². The van der Waals surface area contributed by atoms with Gasteiger partial charge in [0.2, 0.25) is 5.91 Å². The number of nitrogens with one attached hydrogen (secondary N) is 2. The number of rotatable bonds is 10. The first-order chi connectivity index (χ1) is 17.6. The third-order valence-corrected chi connectivity index (χ3v) is 6.84. The molecule has 12 heteroatoms. The second-order valence-electron chi connectivity index (χ2n) is 7.61. The van der Waals surface area contributed by atoms with Crippen LogP contribution in [0.25, 0.3) is 0 Å². The highest BCUT2D eigenvalue weighted by Crippen LogP contribution is 2.28. The molecule has 194 valence electrons. The van der Waals surface area contributed by atoms with Crippen LogP contribution in [0.3, 0.4) is 0 Å². The summed E-state index contributed by atoms with van der Waals surface area (Å²) in [4.78, 5) is 23.9. The number of carbonyl (C=O) groups is 2. The number of phenolic OH excluding ortho intramolecular Hbond substituents is 1. The Morgan fingerprint density at radius 1 is 1.00 bits per heavy atom. The van der Waals surface area contributed by atoms with E-state index in [2.05, 4.69) is 15.8 Å². The number of carbonyl (C=O) groups excluding carboxylic acids is 2. The number of nitrogens with zero attached hydrogens (tertiary/aromatic N) is 2. The second-order valence-corrected chi connectivity index (χ2v) is 9.47. The summed E-state index contributed by atoms with van der Waals surface area (Å²) in [6.45, 7) is 0.746. The zero-order valence-electron chi connectivity index (χ0n) is 20.3. The molecule has 0 heterocycles. The van der Waals surface area contributed by atoms with E-state index in [9.17, 15) is 23.1 Å². The van der Waals surface area contributed by atoms with E-state index < -0.39 is 22.5 Å². The predicted octanol–water partition coefficient (Wildman–Crippen LogP) is 2.71. The van der Waals surface area contributed by atoms with Gasteiger partial charge in [0, 0.05) is 18.2 Å². The van der Waals surface area contributed by atoms with Gasteiger partial charge >= 0.3 is 0 Å². The quantitative estimate of drug-likeness (QED) is 0.272. The van der Waals surface area contributed by atoms with Crippen LogP contribution < -0.4 is 24.5 Å². The van der Waals surface area contributed by atoms with Gasteiger partial charge in [0.1, 0.15) is 12.3 Å². The summed E-state index contributed by atoms with van der Waals surface area (Å²) in [5.41, 5.74) is 3.21. The van der Waals surface area contributed by atoms with Gasteiger partial charge in [0.05, 0.1) is 31.0 Å². The number of methoxy groups -OCH3 is 2. The maximum absolute atomic E-state index is 13.5. The number of phenols is 1. The van der Waals surface area contributed by atoms with E-state index in [4.69, 9.17) is 9.47 Å². The SMILES string of the molecule is COc1ccc(N(CC(=O)N/N=C\c2cccc(OC)c2O)S(=O)(=O)c2ccc(NC(C)=O)cc2)cc1. The van der Waals surface area contributed by atoms with Crippen molar-refractivity contribution in [1.82, 2.24) is 5.43 Å². The smallest absolute Gasteiger partial charge is 0.264 e. The first-order valence-electron chi connectivity index (χ1n) is 10.9. The molecule has 3 rings (SSSR count). The van der Waals surface area contributed by atoms with Crippen LogP contribution in [-0.4, -0.2) is 52.3 Å². The lowest BCUT2D eigenvalue weighted by atomic mass is 10.2. The van der Waals surface area contributed by atoms with Crippen LogP contribution in [0, 0.1) is 0 Å². The Kier molecular flexibility index (Phi) is 8.69. The van der Waals surface area contributed by atoms with Crippen molar-refractivity contribution in [2.75, 3.05) is 30.4 Å². The van der Waals surface area contributed by atoms with Crippen molar-refractivity contribution in [2.24, 2.45) is 5.10 Å². The van der Waals surface area contributed by atoms with Gasteiger partial charge in [-0.1, -0.05) is 6.07 Å². The Morgan fingerprint density at radius 3 is 2.27 bits per heavy atom. The molecule has 0 saturated carbocycles. The molecule has 0 fully saturated rings. The van der Waals surface area contributed by atoms with Crippen LogP contribution in [0.1, 0.15) is 12.5 Å². The minimum atomic E-state index is -4.20. The minimum Gasteiger partial charge on any atom is -0.504 e. The number of benzene rings is 3. The topological polar surface area (TPSA) is 147 Å². The number of amides is 2. The molecule has 0 aliphatic heterocycles. The molecule has 0 aliphatic carbocycles. The lowest BCUT2D eigenvalue weighted by Crippen LogP contribution is -2.39. The number of hydrogen-bond acceptors (Lipinski definition) is 8. The Labute approximate surface area is 214 Å². The predicted molar refractivity (Wildman–Crippen MR) is 139 cm³/mol. The van der Waals surface area contributed by atoms with Crippen molar-refractivity contribution in [3.8, 4) is 17.2 Å². The molecular formula is C25H26N4O7S. The molecule has 3 aromatic carbocycles. The fourth-order valence-electron chi connectivity index (χ4n) is 3.25. The van der Waals surface area contributed by atoms with E-state index in [1.165, 1.54) is 63.8 Å². The number of sulfonamides is 1. The molecule has 0 aliphatic rings. The van der Waals surface area contributed by atoms with Crippen LogP contribution in [0.5, 0.6) is 17.2 Å². The van der Waals surface area contributed by atoms with Gasteiger partial charge in [-0.2, -0.15) is 5.10 Å². The van der Waals surface area contributed by atoms with Crippen molar-refractivity contribution >= 4 is 39.4 Å². The van der Waals surface area contributed by atoms with E-state index in [0.717, 1.165) is 4.31 Å². The molecule has 0 saturated heterocycles. The van der Waals surface area contributed by atoms with Gasteiger partial charge in [-0.25, -0.2) is 13.8 Å². The van der Waals surface area contributed by atoms with Gasteiger partial charge in [0.25, 0.3) is 15.9 Å². The van der Waals surface area contributed by atoms with E-state index in [1.54, 1.807) is 30.3 Å². The maximum Gasteiger partial charge on any atom is 0.264 e. The highest BCUT2D eigenvalue weighted by atomic mass is 32.2. The first-order valence-corrected chi connectivity index (χ1v) is 12.3. The second kappa shape index (κ2) is 11.9.